The van der Waals surface area contributed by atoms with Gasteiger partial charge in [-0.15, -0.1) is 0 Å². The zero-order valence-electron chi connectivity index (χ0n) is 14.9. The number of nitrogens with zero attached hydrogens (tertiary/aromatic N) is 3. The van der Waals surface area contributed by atoms with Crippen molar-refractivity contribution in [3.63, 3.8) is 0 Å². The molecule has 0 aliphatic carbocycles. The third kappa shape index (κ3) is 5.40. The van der Waals surface area contributed by atoms with Crippen LogP contribution in [0.3, 0.4) is 0 Å². The Hall–Kier alpha value is -3.17. The van der Waals surface area contributed by atoms with Crippen LogP contribution in [-0.4, -0.2) is 70.9 Å². The molecular formula is C17H21N3O7. The first-order chi connectivity index (χ1) is 12.8. The van der Waals surface area contributed by atoms with E-state index in [1.165, 1.54) is 30.1 Å². The number of rotatable bonds is 7. The Morgan fingerprint density at radius 1 is 1.37 bits per heavy atom. The van der Waals surface area contributed by atoms with E-state index in [0.29, 0.717) is 19.4 Å². The molecule has 10 heteroatoms. The van der Waals surface area contributed by atoms with Crippen molar-refractivity contribution in [3.05, 3.63) is 34.4 Å². The molecule has 1 heterocycles. The minimum absolute atomic E-state index is 0.0316. The summed E-state index contributed by atoms with van der Waals surface area (Å²) in [7, 11) is 1.42. The van der Waals surface area contributed by atoms with Crippen molar-refractivity contribution in [2.45, 2.75) is 12.8 Å². The summed E-state index contributed by atoms with van der Waals surface area (Å²) in [5.74, 6) is -2.42. The van der Waals surface area contributed by atoms with E-state index in [-0.39, 0.29) is 30.4 Å². The van der Waals surface area contributed by atoms with Crippen LogP contribution in [0.4, 0.5) is 5.69 Å². The first kappa shape index (κ1) is 20.1. The Morgan fingerprint density at radius 2 is 2.07 bits per heavy atom. The monoisotopic (exact) mass is 379 g/mol. The van der Waals surface area contributed by atoms with Crippen molar-refractivity contribution in [3.8, 4) is 5.75 Å². The number of likely N-dealkylation sites (tertiary alicyclic amines) is 1. The summed E-state index contributed by atoms with van der Waals surface area (Å²) in [6.07, 6.45) is 1.12. The number of nitro benzene ring substituents is 1. The second-order valence-electron chi connectivity index (χ2n) is 6.28. The highest BCUT2D eigenvalue weighted by molar-refractivity contribution is 5.85. The zero-order valence-corrected chi connectivity index (χ0v) is 14.9. The lowest BCUT2D eigenvalue weighted by molar-refractivity contribution is -0.385. The van der Waals surface area contributed by atoms with E-state index in [1.807, 2.05) is 0 Å². The van der Waals surface area contributed by atoms with Gasteiger partial charge in [0, 0.05) is 26.2 Å². The lowest BCUT2D eigenvalue weighted by Crippen LogP contribution is -2.47. The molecule has 0 aromatic heterocycles. The minimum atomic E-state index is -0.935. The number of ether oxygens (including phenoxy) is 1. The number of carbonyl (C=O) groups is 3. The summed E-state index contributed by atoms with van der Waals surface area (Å²) >= 11 is 0. The van der Waals surface area contributed by atoms with Crippen LogP contribution in [0, 0.1) is 16.0 Å². The van der Waals surface area contributed by atoms with E-state index >= 15 is 0 Å². The molecule has 1 aromatic carbocycles. The number of carboxylic acids is 1. The number of piperidine rings is 1. The molecule has 1 N–H and O–H groups in total. The number of carbonyl (C=O) groups excluding carboxylic acids is 2. The SMILES string of the molecule is CN(CC(=O)N1CCCC(C(=O)O)C1)C(=O)COc1ccccc1[N+](=O)[O-]. The highest BCUT2D eigenvalue weighted by Crippen LogP contribution is 2.25. The molecule has 1 atom stereocenters. The number of hydrogen-bond acceptors (Lipinski definition) is 6. The molecule has 10 nitrogen and oxygen atoms in total. The van der Waals surface area contributed by atoms with Gasteiger partial charge in [-0.1, -0.05) is 12.1 Å². The number of benzene rings is 1. The molecule has 2 rings (SSSR count). The minimum Gasteiger partial charge on any atom is -0.481 e. The van der Waals surface area contributed by atoms with Gasteiger partial charge in [-0.05, 0) is 18.9 Å². The number of likely N-dealkylation sites (N-methyl/N-ethyl adjacent to an activating group) is 1. The van der Waals surface area contributed by atoms with Gasteiger partial charge in [0.25, 0.3) is 5.91 Å². The quantitative estimate of drug-likeness (QED) is 0.546. The maximum atomic E-state index is 12.3. The van der Waals surface area contributed by atoms with Crippen molar-refractivity contribution >= 4 is 23.5 Å². The lowest BCUT2D eigenvalue weighted by Gasteiger charge is -2.32. The van der Waals surface area contributed by atoms with Crippen molar-refractivity contribution in [1.29, 1.82) is 0 Å². The maximum Gasteiger partial charge on any atom is 0.310 e. The topological polar surface area (TPSA) is 130 Å². The molecule has 1 aromatic rings. The Balaban J connectivity index is 1.87. The molecule has 0 bridgehead atoms. The van der Waals surface area contributed by atoms with Crippen LogP contribution < -0.4 is 4.74 Å². The summed E-state index contributed by atoms with van der Waals surface area (Å²) in [6.45, 7) is -0.0853. The summed E-state index contributed by atoms with van der Waals surface area (Å²) in [6, 6.07) is 5.69. The van der Waals surface area contributed by atoms with Crippen molar-refractivity contribution in [2.75, 3.05) is 33.3 Å². The number of hydrogen-bond donors (Lipinski definition) is 1. The molecule has 1 fully saturated rings. The standard InChI is InChI=1S/C17H21N3O7/c1-18(10-15(21)19-8-4-5-12(9-19)17(23)24)16(22)11-27-14-7-3-2-6-13(14)20(25)26/h2-3,6-7,12H,4-5,8-11H2,1H3,(H,23,24). The van der Waals surface area contributed by atoms with E-state index in [2.05, 4.69) is 0 Å². The van der Waals surface area contributed by atoms with Crippen LogP contribution in [0.5, 0.6) is 5.75 Å². The van der Waals surface area contributed by atoms with Gasteiger partial charge in [0.05, 0.1) is 17.4 Å². The van der Waals surface area contributed by atoms with E-state index in [4.69, 9.17) is 9.84 Å². The van der Waals surface area contributed by atoms with Crippen molar-refractivity contribution in [1.82, 2.24) is 9.80 Å². The average Bonchev–Trinajstić information content (AvgIpc) is 2.66. The summed E-state index contributed by atoms with van der Waals surface area (Å²) in [5, 5.41) is 20.0. The second kappa shape index (κ2) is 8.97. The van der Waals surface area contributed by atoms with Gasteiger partial charge in [0.2, 0.25) is 5.91 Å². The molecule has 1 unspecified atom stereocenters. The molecular weight excluding hydrogens is 358 g/mol. The number of carboxylic acid groups (broad SMARTS) is 1. The molecule has 27 heavy (non-hydrogen) atoms. The molecule has 146 valence electrons. The predicted octanol–water partition coefficient (Wildman–Crippen LogP) is 0.755. The highest BCUT2D eigenvalue weighted by atomic mass is 16.6. The average molecular weight is 379 g/mol. The molecule has 0 saturated carbocycles. The number of nitro groups is 1. The van der Waals surface area contributed by atoms with Crippen LogP contribution in [0.1, 0.15) is 12.8 Å². The van der Waals surface area contributed by atoms with E-state index in [9.17, 15) is 24.5 Å². The predicted molar refractivity (Wildman–Crippen MR) is 93.2 cm³/mol. The van der Waals surface area contributed by atoms with Gasteiger partial charge in [-0.3, -0.25) is 24.5 Å². The van der Waals surface area contributed by atoms with Gasteiger partial charge in [0.1, 0.15) is 0 Å². The first-order valence-corrected chi connectivity index (χ1v) is 8.40. The Kier molecular flexibility index (Phi) is 6.69. The van der Waals surface area contributed by atoms with Gasteiger partial charge in [-0.2, -0.15) is 0 Å². The number of aliphatic carboxylic acids is 1. The molecule has 0 spiro atoms. The second-order valence-corrected chi connectivity index (χ2v) is 6.28. The van der Waals surface area contributed by atoms with E-state index < -0.39 is 29.3 Å². The number of para-hydroxylation sites is 2. The van der Waals surface area contributed by atoms with Crippen LogP contribution in [0.2, 0.25) is 0 Å². The van der Waals surface area contributed by atoms with Crippen LogP contribution >= 0.6 is 0 Å². The molecule has 1 aliphatic heterocycles. The van der Waals surface area contributed by atoms with E-state index in [1.54, 1.807) is 6.07 Å². The Labute approximate surface area is 155 Å². The van der Waals surface area contributed by atoms with Crippen LogP contribution in [0.25, 0.3) is 0 Å². The molecule has 2 amide bonds. The van der Waals surface area contributed by atoms with Crippen LogP contribution in [0.15, 0.2) is 24.3 Å². The third-order valence-corrected chi connectivity index (χ3v) is 4.33. The third-order valence-electron chi connectivity index (χ3n) is 4.33. The van der Waals surface area contributed by atoms with Gasteiger partial charge >= 0.3 is 11.7 Å². The fourth-order valence-electron chi connectivity index (χ4n) is 2.78. The Morgan fingerprint density at radius 3 is 2.74 bits per heavy atom. The smallest absolute Gasteiger partial charge is 0.310 e. The molecule has 0 radical (unpaired) electrons. The van der Waals surface area contributed by atoms with Gasteiger partial charge in [0.15, 0.2) is 12.4 Å². The fraction of sp³-hybridized carbons (Fsp3) is 0.471. The fourth-order valence-corrected chi connectivity index (χ4v) is 2.78. The normalized spacial score (nSPS) is 16.5. The van der Waals surface area contributed by atoms with Crippen LogP contribution in [-0.2, 0) is 14.4 Å². The Bertz CT molecular complexity index is 737. The summed E-state index contributed by atoms with van der Waals surface area (Å²) in [5.41, 5.74) is -0.253. The number of amides is 2. The summed E-state index contributed by atoms with van der Waals surface area (Å²) < 4.78 is 5.22. The molecule has 1 aliphatic rings. The largest absolute Gasteiger partial charge is 0.481 e. The highest BCUT2D eigenvalue weighted by Gasteiger charge is 2.29. The van der Waals surface area contributed by atoms with Crippen molar-refractivity contribution in [2.24, 2.45) is 5.92 Å². The van der Waals surface area contributed by atoms with Gasteiger partial charge in [-0.25, -0.2) is 0 Å². The maximum absolute atomic E-state index is 12.3. The summed E-state index contributed by atoms with van der Waals surface area (Å²) in [4.78, 5) is 48.5. The molecule has 1 saturated heterocycles. The lowest BCUT2D eigenvalue weighted by atomic mass is 9.98. The van der Waals surface area contributed by atoms with E-state index in [0.717, 1.165) is 4.90 Å². The zero-order chi connectivity index (χ0) is 20.0. The van der Waals surface area contributed by atoms with Crippen molar-refractivity contribution < 1.29 is 29.2 Å². The first-order valence-electron chi connectivity index (χ1n) is 8.40. The van der Waals surface area contributed by atoms with Gasteiger partial charge < -0.3 is 19.6 Å².